The summed E-state index contributed by atoms with van der Waals surface area (Å²) in [7, 11) is -16.5. The number of imidazole rings is 1. The highest BCUT2D eigenvalue weighted by Crippen LogP contribution is 2.61. The Morgan fingerprint density at radius 3 is 2.21 bits per heavy atom. The van der Waals surface area contributed by atoms with Gasteiger partial charge in [0.15, 0.2) is 22.8 Å². The van der Waals surface area contributed by atoms with Crippen molar-refractivity contribution in [3.63, 3.8) is 0 Å². The molecular formula is C35H60N7O20P3S. The fourth-order valence-electron chi connectivity index (χ4n) is 6.34. The summed E-state index contributed by atoms with van der Waals surface area (Å²) in [5, 5.41) is 45.2. The Morgan fingerprint density at radius 2 is 1.55 bits per heavy atom. The van der Waals surface area contributed by atoms with Crippen molar-refractivity contribution >= 4 is 75.1 Å². The van der Waals surface area contributed by atoms with Gasteiger partial charge in [-0.3, -0.25) is 37.3 Å². The number of unbranched alkanes of at least 4 members (excludes halogenated alkanes) is 6. The molecule has 2 aromatic heterocycles. The van der Waals surface area contributed by atoms with Gasteiger partial charge in [-0.25, -0.2) is 28.6 Å². The zero-order valence-corrected chi connectivity index (χ0v) is 39.7. The van der Waals surface area contributed by atoms with E-state index < -0.39 is 96.6 Å². The fourth-order valence-corrected chi connectivity index (χ4v) is 9.86. The lowest BCUT2D eigenvalue weighted by Gasteiger charge is -2.30. The van der Waals surface area contributed by atoms with E-state index in [4.69, 9.17) is 24.6 Å². The molecule has 0 aromatic carbocycles. The zero-order valence-electron chi connectivity index (χ0n) is 36.2. The third-order valence-electron chi connectivity index (χ3n) is 9.87. The van der Waals surface area contributed by atoms with Gasteiger partial charge in [-0.05, 0) is 19.3 Å². The van der Waals surface area contributed by atoms with Crippen LogP contribution in [0.3, 0.4) is 0 Å². The van der Waals surface area contributed by atoms with Gasteiger partial charge in [0.2, 0.25) is 11.8 Å². The van der Waals surface area contributed by atoms with Crippen molar-refractivity contribution < 1.29 is 95.5 Å². The molecule has 12 N–H and O–H groups in total. The topological polar surface area (TPSA) is 421 Å². The van der Waals surface area contributed by atoms with Gasteiger partial charge >= 0.3 is 29.4 Å². The van der Waals surface area contributed by atoms with Crippen LogP contribution in [0, 0.1) is 5.41 Å². The van der Waals surface area contributed by atoms with Crippen molar-refractivity contribution in [2.45, 2.75) is 128 Å². The Hall–Kier alpha value is -3.01. The quantitative estimate of drug-likeness (QED) is 0.0364. The van der Waals surface area contributed by atoms with Crippen LogP contribution < -0.4 is 16.4 Å². The first kappa shape index (κ1) is 57.3. The number of aromatic nitrogens is 4. The first-order chi connectivity index (χ1) is 30.8. The number of amides is 2. The average Bonchev–Trinajstić information content (AvgIpc) is 3.78. The molecule has 1 fully saturated rings. The molecule has 0 saturated carbocycles. The van der Waals surface area contributed by atoms with E-state index in [2.05, 4.69) is 34.4 Å². The Kier molecular flexibility index (Phi) is 23.2. The van der Waals surface area contributed by atoms with Crippen molar-refractivity contribution in [1.82, 2.24) is 30.2 Å². The molecule has 0 radical (unpaired) electrons. The summed E-state index contributed by atoms with van der Waals surface area (Å²) in [5.74, 6) is -2.04. The van der Waals surface area contributed by atoms with Gasteiger partial charge in [0.25, 0.3) is 0 Å². The van der Waals surface area contributed by atoms with Crippen molar-refractivity contribution in [3.8, 4) is 0 Å². The first-order valence-corrected chi connectivity index (χ1v) is 26.3. The van der Waals surface area contributed by atoms with Crippen molar-refractivity contribution in [2.24, 2.45) is 5.41 Å². The van der Waals surface area contributed by atoms with Crippen LogP contribution in [0.4, 0.5) is 5.82 Å². The van der Waals surface area contributed by atoms with E-state index in [1.807, 2.05) is 0 Å². The Bertz CT molecular complexity index is 2060. The molecule has 27 nitrogen and oxygen atoms in total. The van der Waals surface area contributed by atoms with Gasteiger partial charge in [-0.2, -0.15) is 4.31 Å². The molecule has 8 atom stereocenters. The maximum Gasteiger partial charge on any atom is 0.481 e. The summed E-state index contributed by atoms with van der Waals surface area (Å²) in [4.78, 5) is 98.7. The summed E-state index contributed by atoms with van der Waals surface area (Å²) in [6.07, 6.45) is -0.0558. The Morgan fingerprint density at radius 1 is 0.894 bits per heavy atom. The number of fused-ring (bicyclic) bond motifs is 1. The molecule has 1 aliphatic heterocycles. The number of nitrogens with two attached hydrogens (primary N) is 1. The summed E-state index contributed by atoms with van der Waals surface area (Å²) in [5.41, 5.74) is 4.22. The summed E-state index contributed by atoms with van der Waals surface area (Å²) >= 11 is 1.01. The van der Waals surface area contributed by atoms with Crippen LogP contribution in [0.15, 0.2) is 12.7 Å². The third-order valence-corrected chi connectivity index (χ3v) is 13.9. The normalized spacial score (nSPS) is 20.6. The molecule has 0 aliphatic carbocycles. The van der Waals surface area contributed by atoms with Crippen LogP contribution >= 0.6 is 35.2 Å². The second-order valence-electron chi connectivity index (χ2n) is 15.9. The maximum absolute atomic E-state index is 12.7. The maximum atomic E-state index is 12.7. The van der Waals surface area contributed by atoms with E-state index in [1.165, 1.54) is 13.8 Å². The predicted molar refractivity (Wildman–Crippen MR) is 232 cm³/mol. The molecule has 3 heterocycles. The minimum Gasteiger partial charge on any atom is -0.481 e. The second-order valence-corrected chi connectivity index (χ2v) is 21.3. The number of aliphatic hydroxyl groups excluding tert-OH is 3. The van der Waals surface area contributed by atoms with Gasteiger partial charge in [0.05, 0.1) is 25.6 Å². The van der Waals surface area contributed by atoms with Crippen LogP contribution in [0.5, 0.6) is 0 Å². The molecule has 66 heavy (non-hydrogen) atoms. The van der Waals surface area contributed by atoms with Crippen LogP contribution in [0.1, 0.15) is 97.1 Å². The smallest absolute Gasteiger partial charge is 0.481 e. The van der Waals surface area contributed by atoms with Gasteiger partial charge in [0, 0.05) is 43.5 Å². The Labute approximate surface area is 383 Å². The number of nitrogens with zero attached hydrogens (tertiary/aromatic N) is 4. The number of nitrogens with one attached hydrogen (secondary N) is 2. The summed E-state index contributed by atoms with van der Waals surface area (Å²) in [6.45, 7) is 0.337. The molecule has 2 amide bonds. The van der Waals surface area contributed by atoms with E-state index in [0.717, 1.165) is 67.5 Å². The Balaban J connectivity index is 1.34. The van der Waals surface area contributed by atoms with Gasteiger partial charge < -0.3 is 61.1 Å². The lowest BCUT2D eigenvalue weighted by molar-refractivity contribution is -0.137. The predicted octanol–water partition coefficient (Wildman–Crippen LogP) is 1.40. The molecule has 3 rings (SSSR count). The monoisotopic (exact) mass is 1020 g/mol. The number of hydrogen-bond acceptors (Lipinski definition) is 20. The fraction of sp³-hybridized carbons (Fsp3) is 0.743. The average molecular weight is 1020 g/mol. The lowest BCUT2D eigenvalue weighted by atomic mass is 9.87. The van der Waals surface area contributed by atoms with Crippen LogP contribution in [-0.4, -0.2) is 145 Å². The van der Waals surface area contributed by atoms with Gasteiger partial charge in [-0.15, -0.1) is 0 Å². The minimum atomic E-state index is -5.59. The van der Waals surface area contributed by atoms with Crippen molar-refractivity contribution in [2.75, 3.05) is 37.8 Å². The highest BCUT2D eigenvalue weighted by atomic mass is 32.2. The molecule has 0 bridgehead atoms. The number of carboxylic acid groups (broad SMARTS) is 1. The van der Waals surface area contributed by atoms with Crippen LogP contribution in [0.2, 0.25) is 0 Å². The molecule has 1 aliphatic rings. The number of anilines is 1. The number of nitrogen functional groups attached to an aromatic ring is 1. The number of carbonyl (C=O) groups excluding carboxylic acids is 3. The summed E-state index contributed by atoms with van der Waals surface area (Å²) in [6, 6.07) is 0. The zero-order chi connectivity index (χ0) is 49.3. The number of ether oxygens (including phenoxy) is 1. The summed E-state index contributed by atoms with van der Waals surface area (Å²) < 4.78 is 62.3. The van der Waals surface area contributed by atoms with E-state index in [1.54, 1.807) is 0 Å². The number of aliphatic carboxylic acids is 1. The standard InChI is InChI=1S/C35H60N7O20P3S/c1-35(2,30(49)33(50)38-15-14-24(44)37-16-17-66-26(47)13-12-22(43)10-8-6-4-3-5-7-9-11-25(45)46)19-59-65(56,57)62-64(54,55)58-18-23-29(61-63(51,52)53)28(48)34(60-23)42-21-41-27-31(36)39-20-40-32(27)42/h20-23,28-30,34,43,48-49H,3-19H2,1-2H3,(H,37,44)(H,38,50)(H,45,46)(H,54,55)(H,56,57)(H2,36,39,40)(H2,51,52,53). The molecule has 2 aromatic rings. The van der Waals surface area contributed by atoms with Crippen molar-refractivity contribution in [1.29, 1.82) is 0 Å². The number of carbonyl (C=O) groups is 4. The van der Waals surface area contributed by atoms with E-state index in [-0.39, 0.29) is 60.2 Å². The third kappa shape index (κ3) is 20.3. The highest BCUT2D eigenvalue weighted by molar-refractivity contribution is 8.13. The molecule has 8 unspecified atom stereocenters. The number of carboxylic acids is 1. The lowest BCUT2D eigenvalue weighted by Crippen LogP contribution is -2.46. The molecule has 31 heteroatoms. The van der Waals surface area contributed by atoms with Crippen LogP contribution in [-0.2, 0) is 55.5 Å². The number of hydrogen-bond donors (Lipinski definition) is 11. The van der Waals surface area contributed by atoms with Gasteiger partial charge in [-0.1, -0.05) is 64.1 Å². The molecular weight excluding hydrogens is 963 g/mol. The van der Waals surface area contributed by atoms with E-state index in [9.17, 15) is 67.8 Å². The van der Waals surface area contributed by atoms with E-state index in [0.29, 0.717) is 19.3 Å². The molecule has 1 saturated heterocycles. The largest absolute Gasteiger partial charge is 0.481 e. The first-order valence-electron chi connectivity index (χ1n) is 20.8. The number of thioether (sulfide) groups is 1. The molecule has 376 valence electrons. The minimum absolute atomic E-state index is 0.0218. The number of rotatable bonds is 32. The number of phosphoric acid groups is 3. The second kappa shape index (κ2) is 26.7. The SMILES string of the molecule is CC(C)(COP(=O)(O)OP(=O)(O)OCC1OC(n2cnc3c(N)ncnc32)C(O)C1OP(=O)(O)O)C(O)C(=O)NCCC(=O)NCCSC(=O)CCC(O)CCCCCCCCCC(=O)O. The van der Waals surface area contributed by atoms with Gasteiger partial charge in [0.1, 0.15) is 36.3 Å². The van der Waals surface area contributed by atoms with E-state index >= 15 is 0 Å². The van der Waals surface area contributed by atoms with Crippen molar-refractivity contribution in [3.05, 3.63) is 12.7 Å². The van der Waals surface area contributed by atoms with Crippen LogP contribution in [0.25, 0.3) is 11.2 Å². The number of aliphatic hydroxyl groups is 3. The highest BCUT2D eigenvalue weighted by Gasteiger charge is 2.50. The molecule has 0 spiro atoms. The number of phosphoric ester groups is 3.